The Balaban J connectivity index is 1.73. The molecule has 6 heteroatoms. The zero-order valence-corrected chi connectivity index (χ0v) is 15.4. The number of nitrogens with one attached hydrogen (secondary N) is 1. The minimum Gasteiger partial charge on any atom is -0.394 e. The van der Waals surface area contributed by atoms with Gasteiger partial charge in [-0.1, -0.05) is 6.92 Å². The van der Waals surface area contributed by atoms with E-state index in [0.717, 1.165) is 48.6 Å². The van der Waals surface area contributed by atoms with E-state index in [9.17, 15) is 0 Å². The smallest absolute Gasteiger partial charge is 0.171 e. The molecular formula is C17H35N6+. The number of fused-ring (bicyclic) bond motifs is 1. The largest absolute Gasteiger partial charge is 0.394 e. The zero-order valence-electron chi connectivity index (χ0n) is 15.4. The Hall–Kier alpha value is -1.27. The molecule has 1 aliphatic heterocycles. The first kappa shape index (κ1) is 18.1. The first-order valence-electron chi connectivity index (χ1n) is 9.02. The Morgan fingerprint density at radius 1 is 1.26 bits per heavy atom. The zero-order chi connectivity index (χ0) is 16.9. The molecule has 0 spiro atoms. The number of nitrogens with two attached hydrogens (primary N) is 1. The van der Waals surface area contributed by atoms with E-state index in [2.05, 4.69) is 48.1 Å². The van der Waals surface area contributed by atoms with Crippen LogP contribution in [0.1, 0.15) is 31.9 Å². The van der Waals surface area contributed by atoms with E-state index in [1.165, 1.54) is 38.0 Å². The summed E-state index contributed by atoms with van der Waals surface area (Å²) in [5.74, 6) is 0.873. The summed E-state index contributed by atoms with van der Waals surface area (Å²) >= 11 is 0. The van der Waals surface area contributed by atoms with Crippen LogP contribution in [0.5, 0.6) is 0 Å². The monoisotopic (exact) mass is 323 g/mol. The molecule has 0 aromatic carbocycles. The Morgan fingerprint density at radius 3 is 2.74 bits per heavy atom. The van der Waals surface area contributed by atoms with Gasteiger partial charge in [-0.25, -0.2) is 0 Å². The van der Waals surface area contributed by atoms with Crippen molar-refractivity contribution in [3.8, 4) is 0 Å². The molecule has 6 nitrogen and oxygen atoms in total. The van der Waals surface area contributed by atoms with Crippen molar-refractivity contribution in [3.63, 3.8) is 0 Å². The number of hydrogen-bond donors (Lipinski definition) is 2. The normalized spacial score (nSPS) is 15.0. The fourth-order valence-corrected chi connectivity index (χ4v) is 3.28. The van der Waals surface area contributed by atoms with Gasteiger partial charge in [-0.05, 0) is 32.7 Å². The maximum Gasteiger partial charge on any atom is 0.171 e. The van der Waals surface area contributed by atoms with Gasteiger partial charge in [0.05, 0.1) is 38.6 Å². The number of nitrogen functional groups attached to an aromatic ring is 1. The van der Waals surface area contributed by atoms with Gasteiger partial charge in [0, 0.05) is 26.2 Å². The molecule has 0 atom stereocenters. The minimum absolute atomic E-state index is 0.855. The molecule has 1 aromatic heterocycles. The molecule has 0 amide bonds. The number of quaternary nitrogens is 1. The highest BCUT2D eigenvalue weighted by molar-refractivity contribution is 5.64. The van der Waals surface area contributed by atoms with Crippen molar-refractivity contribution in [1.82, 2.24) is 14.7 Å². The average Bonchev–Trinajstić information content (AvgIpc) is 2.82. The molecule has 3 N–H and O–H groups in total. The highest BCUT2D eigenvalue weighted by Crippen LogP contribution is 2.26. The van der Waals surface area contributed by atoms with Crippen LogP contribution in [0, 0.1) is 0 Å². The number of nitrogens with zero attached hydrogens (tertiary/aromatic N) is 4. The molecule has 2 heterocycles. The van der Waals surface area contributed by atoms with Crippen molar-refractivity contribution in [1.29, 1.82) is 0 Å². The molecule has 132 valence electrons. The Kier molecular flexibility index (Phi) is 6.30. The predicted octanol–water partition coefficient (Wildman–Crippen LogP) is 1.63. The van der Waals surface area contributed by atoms with E-state index in [0.29, 0.717) is 0 Å². The van der Waals surface area contributed by atoms with Crippen LogP contribution in [0.25, 0.3) is 0 Å². The summed E-state index contributed by atoms with van der Waals surface area (Å²) in [6.45, 7) is 8.69. The summed E-state index contributed by atoms with van der Waals surface area (Å²) in [7, 11) is 6.81. The predicted molar refractivity (Wildman–Crippen MR) is 97.7 cm³/mol. The van der Waals surface area contributed by atoms with E-state index < -0.39 is 0 Å². The number of likely N-dealkylation sites (N-methyl/N-ethyl adjacent to an activating group) is 2. The molecular weight excluding hydrogens is 288 g/mol. The van der Waals surface area contributed by atoms with Gasteiger partial charge in [0.15, 0.2) is 5.82 Å². The van der Waals surface area contributed by atoms with E-state index in [4.69, 9.17) is 5.73 Å². The van der Waals surface area contributed by atoms with Crippen molar-refractivity contribution in [2.75, 3.05) is 64.9 Å². The fourth-order valence-electron chi connectivity index (χ4n) is 3.28. The third-order valence-corrected chi connectivity index (χ3v) is 4.83. The minimum atomic E-state index is 0.855. The number of aryl methyl sites for hydroxylation is 1. The lowest BCUT2D eigenvalue weighted by Crippen LogP contribution is -2.45. The first-order chi connectivity index (χ1) is 10.9. The molecule has 0 saturated carbocycles. The van der Waals surface area contributed by atoms with Gasteiger partial charge in [-0.3, -0.25) is 9.58 Å². The highest BCUT2D eigenvalue weighted by Gasteiger charge is 2.18. The Morgan fingerprint density at radius 2 is 2.04 bits per heavy atom. The van der Waals surface area contributed by atoms with Gasteiger partial charge in [0.2, 0.25) is 0 Å². The first-order valence-corrected chi connectivity index (χ1v) is 9.02. The molecule has 0 fully saturated rings. The quantitative estimate of drug-likeness (QED) is 0.678. The summed E-state index contributed by atoms with van der Waals surface area (Å²) in [6, 6.07) is 0. The third-order valence-electron chi connectivity index (χ3n) is 4.83. The number of anilines is 2. The van der Waals surface area contributed by atoms with Gasteiger partial charge in [0.1, 0.15) is 0 Å². The van der Waals surface area contributed by atoms with Crippen molar-refractivity contribution in [3.05, 3.63) is 5.69 Å². The molecule has 0 saturated heterocycles. The van der Waals surface area contributed by atoms with Gasteiger partial charge in [-0.15, -0.1) is 0 Å². The van der Waals surface area contributed by atoms with E-state index >= 15 is 0 Å². The SMILES string of the molecule is CCC[N+](C)(C)CCN(C)CCNc1nn2c(c1N)CCCC2. The van der Waals surface area contributed by atoms with Crippen molar-refractivity contribution < 1.29 is 4.48 Å². The standard InChI is InChI=1S/C17H35N6/c1-5-13-23(3,4)14-12-21(2)11-9-19-17-16(18)15-8-6-7-10-22(15)20-17/h5-14,18H2,1-4H3,(H,19,20)/q+1. The molecule has 23 heavy (non-hydrogen) atoms. The van der Waals surface area contributed by atoms with Gasteiger partial charge >= 0.3 is 0 Å². The van der Waals surface area contributed by atoms with Gasteiger partial charge < -0.3 is 15.5 Å². The fraction of sp³-hybridized carbons (Fsp3) is 0.824. The maximum atomic E-state index is 6.23. The second-order valence-corrected chi connectivity index (χ2v) is 7.50. The molecule has 1 aromatic rings. The van der Waals surface area contributed by atoms with Crippen LogP contribution in [0.15, 0.2) is 0 Å². The van der Waals surface area contributed by atoms with Crippen LogP contribution in [0.2, 0.25) is 0 Å². The topological polar surface area (TPSA) is 59.1 Å². The molecule has 0 radical (unpaired) electrons. The van der Waals surface area contributed by atoms with Gasteiger partial charge in [0.25, 0.3) is 0 Å². The summed E-state index contributed by atoms with van der Waals surface area (Å²) in [5, 5.41) is 8.04. The van der Waals surface area contributed by atoms with E-state index in [1.807, 2.05) is 0 Å². The number of rotatable bonds is 9. The molecule has 0 unspecified atom stereocenters. The van der Waals surface area contributed by atoms with Crippen LogP contribution in [-0.4, -0.2) is 73.0 Å². The number of aromatic nitrogens is 2. The lowest BCUT2D eigenvalue weighted by molar-refractivity contribution is -0.889. The van der Waals surface area contributed by atoms with Crippen LogP contribution in [0.4, 0.5) is 11.5 Å². The summed E-state index contributed by atoms with van der Waals surface area (Å²) < 4.78 is 3.17. The number of hydrogen-bond acceptors (Lipinski definition) is 4. The van der Waals surface area contributed by atoms with Crippen LogP contribution >= 0.6 is 0 Å². The van der Waals surface area contributed by atoms with Crippen molar-refractivity contribution in [2.24, 2.45) is 0 Å². The van der Waals surface area contributed by atoms with E-state index in [1.54, 1.807) is 0 Å². The Labute approximate surface area is 141 Å². The Bertz CT molecular complexity index is 494. The van der Waals surface area contributed by atoms with Crippen LogP contribution in [-0.2, 0) is 13.0 Å². The van der Waals surface area contributed by atoms with Crippen LogP contribution < -0.4 is 11.1 Å². The summed E-state index contributed by atoms with van der Waals surface area (Å²) in [6.07, 6.45) is 4.74. The molecule has 0 aliphatic carbocycles. The second-order valence-electron chi connectivity index (χ2n) is 7.50. The van der Waals surface area contributed by atoms with Gasteiger partial charge in [-0.2, -0.15) is 5.10 Å². The van der Waals surface area contributed by atoms with E-state index in [-0.39, 0.29) is 0 Å². The second kappa shape index (κ2) is 8.02. The van der Waals surface area contributed by atoms with Crippen molar-refractivity contribution >= 4 is 11.5 Å². The summed E-state index contributed by atoms with van der Waals surface area (Å²) in [4.78, 5) is 2.38. The molecule has 1 aliphatic rings. The highest BCUT2D eigenvalue weighted by atomic mass is 15.3. The lowest BCUT2D eigenvalue weighted by Gasteiger charge is -2.31. The maximum absolute atomic E-state index is 6.23. The average molecular weight is 324 g/mol. The summed E-state index contributed by atoms with van der Waals surface area (Å²) in [5.41, 5.74) is 8.30. The van der Waals surface area contributed by atoms with Crippen molar-refractivity contribution in [2.45, 2.75) is 39.2 Å². The molecule has 2 rings (SSSR count). The van der Waals surface area contributed by atoms with Crippen LogP contribution in [0.3, 0.4) is 0 Å². The third kappa shape index (κ3) is 5.11. The lowest BCUT2D eigenvalue weighted by atomic mass is 10.1. The molecule has 0 bridgehead atoms.